The first kappa shape index (κ1) is 14.6. The Bertz CT molecular complexity index is 434. The van der Waals surface area contributed by atoms with Crippen molar-refractivity contribution in [1.82, 2.24) is 10.6 Å². The number of hydrogen-bond acceptors (Lipinski definition) is 2. The highest BCUT2D eigenvalue weighted by Gasteiger charge is 2.42. The number of allylic oxidation sites excluding steroid dienone is 2. The van der Waals surface area contributed by atoms with Gasteiger partial charge < -0.3 is 10.6 Å². The molecule has 0 bridgehead atoms. The van der Waals surface area contributed by atoms with E-state index in [1.54, 1.807) is 0 Å². The fourth-order valence-corrected chi connectivity index (χ4v) is 3.54. The van der Waals surface area contributed by atoms with Gasteiger partial charge in [-0.2, -0.15) is 0 Å². The van der Waals surface area contributed by atoms with Gasteiger partial charge in [0.2, 0.25) is 11.8 Å². The average molecular weight is 290 g/mol. The maximum atomic E-state index is 12.5. The molecule has 21 heavy (non-hydrogen) atoms. The van der Waals surface area contributed by atoms with E-state index in [2.05, 4.69) is 22.8 Å². The SMILES string of the molecule is O=C(C[C@H]1C=CCC1)NC1(C(=O)NCC2CC2)CCCC1. The predicted molar refractivity (Wildman–Crippen MR) is 81.6 cm³/mol. The van der Waals surface area contributed by atoms with Crippen LogP contribution in [0.1, 0.15) is 57.8 Å². The number of rotatable bonds is 6. The zero-order chi connectivity index (χ0) is 14.7. The van der Waals surface area contributed by atoms with Gasteiger partial charge >= 0.3 is 0 Å². The molecule has 3 aliphatic rings. The normalized spacial score (nSPS) is 26.8. The van der Waals surface area contributed by atoms with Crippen molar-refractivity contribution in [2.45, 2.75) is 63.3 Å². The largest absolute Gasteiger partial charge is 0.354 e. The first-order valence-corrected chi connectivity index (χ1v) is 8.44. The highest BCUT2D eigenvalue weighted by atomic mass is 16.2. The van der Waals surface area contributed by atoms with E-state index < -0.39 is 5.54 Å². The van der Waals surface area contributed by atoms with Gasteiger partial charge in [-0.1, -0.05) is 25.0 Å². The van der Waals surface area contributed by atoms with Crippen LogP contribution in [-0.2, 0) is 9.59 Å². The summed E-state index contributed by atoms with van der Waals surface area (Å²) in [5.74, 6) is 1.11. The average Bonchev–Trinajstić information content (AvgIpc) is 2.93. The predicted octanol–water partition coefficient (Wildman–Crippen LogP) is 2.30. The van der Waals surface area contributed by atoms with E-state index >= 15 is 0 Å². The van der Waals surface area contributed by atoms with Crippen molar-refractivity contribution in [1.29, 1.82) is 0 Å². The lowest BCUT2D eigenvalue weighted by molar-refractivity contribution is -0.133. The summed E-state index contributed by atoms with van der Waals surface area (Å²) >= 11 is 0. The molecule has 2 amide bonds. The van der Waals surface area contributed by atoms with Crippen molar-refractivity contribution in [3.05, 3.63) is 12.2 Å². The Balaban J connectivity index is 1.55. The van der Waals surface area contributed by atoms with Crippen molar-refractivity contribution in [2.24, 2.45) is 11.8 Å². The van der Waals surface area contributed by atoms with Gasteiger partial charge in [0.25, 0.3) is 0 Å². The standard InChI is InChI=1S/C17H26N2O2/c20-15(11-13-5-1-2-6-13)19-17(9-3-4-10-17)16(21)18-12-14-7-8-14/h1,5,13-14H,2-4,6-12H2,(H,18,21)(H,19,20)/t13-/m0/s1. The molecule has 2 fully saturated rings. The highest BCUT2D eigenvalue weighted by Crippen LogP contribution is 2.32. The van der Waals surface area contributed by atoms with Crippen LogP contribution < -0.4 is 10.6 Å². The van der Waals surface area contributed by atoms with Crippen LogP contribution in [0.15, 0.2) is 12.2 Å². The maximum Gasteiger partial charge on any atom is 0.245 e. The summed E-state index contributed by atoms with van der Waals surface area (Å²) in [6.45, 7) is 0.780. The van der Waals surface area contributed by atoms with Gasteiger partial charge in [-0.05, 0) is 50.4 Å². The Morgan fingerprint density at radius 3 is 2.52 bits per heavy atom. The van der Waals surface area contributed by atoms with Gasteiger partial charge in [0.15, 0.2) is 0 Å². The molecule has 3 aliphatic carbocycles. The fourth-order valence-electron chi connectivity index (χ4n) is 3.54. The van der Waals surface area contributed by atoms with Crippen LogP contribution in [0.5, 0.6) is 0 Å². The summed E-state index contributed by atoms with van der Waals surface area (Å²) < 4.78 is 0. The van der Waals surface area contributed by atoms with Crippen LogP contribution in [0.25, 0.3) is 0 Å². The zero-order valence-electron chi connectivity index (χ0n) is 12.7. The smallest absolute Gasteiger partial charge is 0.245 e. The number of amides is 2. The molecule has 0 heterocycles. The maximum absolute atomic E-state index is 12.5. The molecule has 3 rings (SSSR count). The molecular formula is C17H26N2O2. The van der Waals surface area contributed by atoms with E-state index in [-0.39, 0.29) is 11.8 Å². The Labute approximate surface area is 126 Å². The van der Waals surface area contributed by atoms with Gasteiger partial charge in [0.05, 0.1) is 0 Å². The summed E-state index contributed by atoms with van der Waals surface area (Å²) in [6.07, 6.45) is 13.0. The zero-order valence-corrected chi connectivity index (χ0v) is 12.7. The minimum Gasteiger partial charge on any atom is -0.354 e. The van der Waals surface area contributed by atoms with Crippen LogP contribution >= 0.6 is 0 Å². The molecule has 0 aliphatic heterocycles. The second kappa shape index (κ2) is 6.20. The van der Waals surface area contributed by atoms with E-state index in [1.165, 1.54) is 12.8 Å². The molecule has 4 nitrogen and oxygen atoms in total. The Morgan fingerprint density at radius 2 is 1.90 bits per heavy atom. The van der Waals surface area contributed by atoms with Crippen LogP contribution in [-0.4, -0.2) is 23.9 Å². The molecule has 0 aromatic rings. The number of hydrogen-bond donors (Lipinski definition) is 2. The van der Waals surface area contributed by atoms with E-state index in [0.717, 1.165) is 45.1 Å². The number of carbonyl (C=O) groups is 2. The van der Waals surface area contributed by atoms with E-state index in [0.29, 0.717) is 18.3 Å². The minimum absolute atomic E-state index is 0.0371. The third-order valence-electron chi connectivity index (χ3n) is 5.08. The van der Waals surface area contributed by atoms with Crippen LogP contribution in [0.4, 0.5) is 0 Å². The summed E-state index contributed by atoms with van der Waals surface area (Å²) in [7, 11) is 0. The molecule has 0 aromatic heterocycles. The molecule has 2 saturated carbocycles. The summed E-state index contributed by atoms with van der Waals surface area (Å²) in [5.41, 5.74) is -0.631. The second-order valence-corrected chi connectivity index (χ2v) is 6.96. The van der Waals surface area contributed by atoms with Crippen molar-refractivity contribution in [3.63, 3.8) is 0 Å². The Morgan fingerprint density at radius 1 is 1.14 bits per heavy atom. The lowest BCUT2D eigenvalue weighted by atomic mass is 9.94. The molecule has 0 radical (unpaired) electrons. The fraction of sp³-hybridized carbons (Fsp3) is 0.765. The Kier molecular flexibility index (Phi) is 4.32. The van der Waals surface area contributed by atoms with Gasteiger partial charge in [0.1, 0.15) is 5.54 Å². The lowest BCUT2D eigenvalue weighted by Crippen LogP contribution is -2.57. The summed E-state index contributed by atoms with van der Waals surface area (Å²) in [6, 6.07) is 0. The first-order valence-electron chi connectivity index (χ1n) is 8.44. The third-order valence-corrected chi connectivity index (χ3v) is 5.08. The quantitative estimate of drug-likeness (QED) is 0.737. The van der Waals surface area contributed by atoms with Gasteiger partial charge in [-0.25, -0.2) is 0 Å². The summed E-state index contributed by atoms with van der Waals surface area (Å²) in [5, 5.41) is 6.14. The molecule has 0 aromatic carbocycles. The molecule has 1 atom stereocenters. The molecule has 116 valence electrons. The Hall–Kier alpha value is -1.32. The van der Waals surface area contributed by atoms with Crippen molar-refractivity contribution in [2.75, 3.05) is 6.54 Å². The lowest BCUT2D eigenvalue weighted by Gasteiger charge is -2.29. The van der Waals surface area contributed by atoms with E-state index in [9.17, 15) is 9.59 Å². The molecule has 2 N–H and O–H groups in total. The number of nitrogens with one attached hydrogen (secondary N) is 2. The minimum atomic E-state index is -0.631. The van der Waals surface area contributed by atoms with Gasteiger partial charge in [-0.3, -0.25) is 9.59 Å². The topological polar surface area (TPSA) is 58.2 Å². The summed E-state index contributed by atoms with van der Waals surface area (Å²) in [4.78, 5) is 24.8. The highest BCUT2D eigenvalue weighted by molar-refractivity contribution is 5.91. The van der Waals surface area contributed by atoms with E-state index in [4.69, 9.17) is 0 Å². The van der Waals surface area contributed by atoms with Crippen LogP contribution in [0.2, 0.25) is 0 Å². The molecule has 0 spiro atoms. The molecule has 4 heteroatoms. The third kappa shape index (κ3) is 3.66. The van der Waals surface area contributed by atoms with Gasteiger partial charge in [0, 0.05) is 13.0 Å². The monoisotopic (exact) mass is 290 g/mol. The number of carbonyl (C=O) groups excluding carboxylic acids is 2. The molecular weight excluding hydrogens is 264 g/mol. The van der Waals surface area contributed by atoms with Crippen LogP contribution in [0.3, 0.4) is 0 Å². The van der Waals surface area contributed by atoms with Crippen LogP contribution in [0, 0.1) is 11.8 Å². The van der Waals surface area contributed by atoms with Crippen molar-refractivity contribution in [3.8, 4) is 0 Å². The van der Waals surface area contributed by atoms with Crippen molar-refractivity contribution < 1.29 is 9.59 Å². The van der Waals surface area contributed by atoms with Gasteiger partial charge in [-0.15, -0.1) is 0 Å². The first-order chi connectivity index (χ1) is 10.2. The van der Waals surface area contributed by atoms with E-state index in [1.807, 2.05) is 0 Å². The van der Waals surface area contributed by atoms with Crippen molar-refractivity contribution >= 4 is 11.8 Å². The molecule has 0 unspecified atom stereocenters. The molecule has 0 saturated heterocycles. The second-order valence-electron chi connectivity index (χ2n) is 6.96.